The second-order valence-corrected chi connectivity index (χ2v) is 4.95. The molecule has 0 heterocycles. The summed E-state index contributed by atoms with van der Waals surface area (Å²) in [6.45, 7) is 6.90. The maximum atomic E-state index is 10.3. The Kier molecular flexibility index (Phi) is 4.37. The number of allylic oxidation sites excluding steroid dienone is 2. The van der Waals surface area contributed by atoms with Crippen LogP contribution in [0, 0.1) is 17.8 Å². The first-order chi connectivity index (χ1) is 6.63. The van der Waals surface area contributed by atoms with Crippen molar-refractivity contribution in [2.75, 3.05) is 0 Å². The van der Waals surface area contributed by atoms with Gasteiger partial charge in [0.15, 0.2) is 0 Å². The maximum absolute atomic E-state index is 10.3. The van der Waals surface area contributed by atoms with Gasteiger partial charge in [0.2, 0.25) is 0 Å². The summed E-state index contributed by atoms with van der Waals surface area (Å²) in [5.74, 6) is 2.31. The number of carbonyl (C=O) groups is 1. The van der Waals surface area contributed by atoms with Crippen molar-refractivity contribution in [3.63, 3.8) is 0 Å². The minimum Gasteiger partial charge on any atom is -0.303 e. The van der Waals surface area contributed by atoms with Crippen LogP contribution in [0.25, 0.3) is 0 Å². The number of hydrogen-bond acceptors (Lipinski definition) is 1. The molecule has 1 nitrogen and oxygen atoms in total. The predicted octanol–water partition coefficient (Wildman–Crippen LogP) is 3.59. The van der Waals surface area contributed by atoms with Gasteiger partial charge in [-0.3, -0.25) is 0 Å². The molecular formula is C13H22O. The molecule has 80 valence electrons. The normalized spacial score (nSPS) is 27.6. The van der Waals surface area contributed by atoms with Crippen molar-refractivity contribution in [1.29, 1.82) is 0 Å². The fourth-order valence-corrected chi connectivity index (χ4v) is 2.37. The Morgan fingerprint density at radius 2 is 2.29 bits per heavy atom. The molecule has 0 saturated carbocycles. The average molecular weight is 194 g/mol. The molecule has 0 fully saturated rings. The monoisotopic (exact) mass is 194 g/mol. The summed E-state index contributed by atoms with van der Waals surface area (Å²) < 4.78 is 0. The van der Waals surface area contributed by atoms with Crippen LogP contribution in [0.2, 0.25) is 0 Å². The van der Waals surface area contributed by atoms with Crippen molar-refractivity contribution in [1.82, 2.24) is 0 Å². The van der Waals surface area contributed by atoms with E-state index in [0.29, 0.717) is 12.3 Å². The SMILES string of the molecule is CC1C=C(CCC=O)CC(C(C)C)C1. The molecule has 0 radical (unpaired) electrons. The Morgan fingerprint density at radius 1 is 1.57 bits per heavy atom. The van der Waals surface area contributed by atoms with Gasteiger partial charge in [0.05, 0.1) is 0 Å². The van der Waals surface area contributed by atoms with E-state index < -0.39 is 0 Å². The highest BCUT2D eigenvalue weighted by Crippen LogP contribution is 2.34. The summed E-state index contributed by atoms with van der Waals surface area (Å²) in [6, 6.07) is 0. The Bertz CT molecular complexity index is 215. The van der Waals surface area contributed by atoms with Crippen LogP contribution in [0.3, 0.4) is 0 Å². The summed E-state index contributed by atoms with van der Waals surface area (Å²) in [6.07, 6.45) is 7.63. The van der Waals surface area contributed by atoms with E-state index in [1.165, 1.54) is 18.4 Å². The van der Waals surface area contributed by atoms with E-state index in [4.69, 9.17) is 0 Å². The van der Waals surface area contributed by atoms with Crippen LogP contribution in [0.5, 0.6) is 0 Å². The van der Waals surface area contributed by atoms with Gasteiger partial charge in [-0.1, -0.05) is 32.4 Å². The summed E-state index contributed by atoms with van der Waals surface area (Å²) in [7, 11) is 0. The van der Waals surface area contributed by atoms with Gasteiger partial charge in [-0.2, -0.15) is 0 Å². The van der Waals surface area contributed by atoms with Gasteiger partial charge in [-0.05, 0) is 37.0 Å². The molecule has 0 spiro atoms. The number of hydrogen-bond donors (Lipinski definition) is 0. The van der Waals surface area contributed by atoms with E-state index in [1.54, 1.807) is 0 Å². The zero-order chi connectivity index (χ0) is 10.6. The van der Waals surface area contributed by atoms with Gasteiger partial charge < -0.3 is 4.79 Å². The van der Waals surface area contributed by atoms with Crippen LogP contribution in [0.4, 0.5) is 0 Å². The molecule has 0 aliphatic heterocycles. The molecule has 1 rings (SSSR count). The highest BCUT2D eigenvalue weighted by molar-refractivity contribution is 5.49. The fourth-order valence-electron chi connectivity index (χ4n) is 2.37. The van der Waals surface area contributed by atoms with Gasteiger partial charge >= 0.3 is 0 Å². The summed E-state index contributed by atoms with van der Waals surface area (Å²) in [5.41, 5.74) is 1.51. The van der Waals surface area contributed by atoms with E-state index >= 15 is 0 Å². The first kappa shape index (κ1) is 11.5. The van der Waals surface area contributed by atoms with Gasteiger partial charge in [-0.25, -0.2) is 0 Å². The Hall–Kier alpha value is -0.590. The Labute approximate surface area is 87.6 Å². The molecule has 2 unspecified atom stereocenters. The highest BCUT2D eigenvalue weighted by atomic mass is 16.1. The van der Waals surface area contributed by atoms with Crippen LogP contribution in [-0.4, -0.2) is 6.29 Å². The van der Waals surface area contributed by atoms with Crippen molar-refractivity contribution in [2.45, 2.75) is 46.5 Å². The standard InChI is InChI=1S/C13H22O/c1-10(2)13-8-11(3)7-12(9-13)5-4-6-14/h6-7,10-11,13H,4-5,8-9H2,1-3H3. The highest BCUT2D eigenvalue weighted by Gasteiger charge is 2.21. The molecule has 0 saturated heterocycles. The molecule has 0 aromatic rings. The molecular weight excluding hydrogens is 172 g/mol. The zero-order valence-corrected chi connectivity index (χ0v) is 9.62. The van der Waals surface area contributed by atoms with Crippen molar-refractivity contribution in [2.24, 2.45) is 17.8 Å². The van der Waals surface area contributed by atoms with E-state index in [-0.39, 0.29) is 0 Å². The molecule has 1 heteroatoms. The topological polar surface area (TPSA) is 17.1 Å². The van der Waals surface area contributed by atoms with Crippen LogP contribution < -0.4 is 0 Å². The minimum absolute atomic E-state index is 0.698. The lowest BCUT2D eigenvalue weighted by atomic mass is 9.76. The molecule has 0 N–H and O–H groups in total. The third-order valence-corrected chi connectivity index (χ3v) is 3.25. The number of carbonyl (C=O) groups excluding carboxylic acids is 1. The van der Waals surface area contributed by atoms with Gasteiger partial charge in [0.25, 0.3) is 0 Å². The van der Waals surface area contributed by atoms with Gasteiger partial charge in [-0.15, -0.1) is 0 Å². The Balaban J connectivity index is 2.53. The van der Waals surface area contributed by atoms with Crippen molar-refractivity contribution < 1.29 is 4.79 Å². The molecule has 1 aliphatic rings. The second kappa shape index (κ2) is 5.33. The lowest BCUT2D eigenvalue weighted by Crippen LogP contribution is -2.17. The van der Waals surface area contributed by atoms with Crippen molar-refractivity contribution in [3.8, 4) is 0 Å². The van der Waals surface area contributed by atoms with E-state index in [1.807, 2.05) is 0 Å². The van der Waals surface area contributed by atoms with E-state index in [2.05, 4.69) is 26.8 Å². The van der Waals surface area contributed by atoms with E-state index in [0.717, 1.165) is 24.5 Å². The number of rotatable bonds is 4. The lowest BCUT2D eigenvalue weighted by Gasteiger charge is -2.29. The first-order valence-electron chi connectivity index (χ1n) is 5.76. The van der Waals surface area contributed by atoms with Gasteiger partial charge in [0, 0.05) is 6.42 Å². The van der Waals surface area contributed by atoms with Crippen LogP contribution >= 0.6 is 0 Å². The molecule has 0 amide bonds. The molecule has 0 bridgehead atoms. The number of aldehydes is 1. The quantitative estimate of drug-likeness (QED) is 0.493. The first-order valence-corrected chi connectivity index (χ1v) is 5.76. The molecule has 14 heavy (non-hydrogen) atoms. The van der Waals surface area contributed by atoms with Crippen LogP contribution in [0.15, 0.2) is 11.6 Å². The second-order valence-electron chi connectivity index (χ2n) is 4.95. The van der Waals surface area contributed by atoms with E-state index in [9.17, 15) is 4.79 Å². The molecule has 0 aromatic carbocycles. The maximum Gasteiger partial charge on any atom is 0.120 e. The third-order valence-electron chi connectivity index (χ3n) is 3.25. The zero-order valence-electron chi connectivity index (χ0n) is 9.62. The minimum atomic E-state index is 0.698. The largest absolute Gasteiger partial charge is 0.303 e. The van der Waals surface area contributed by atoms with Crippen molar-refractivity contribution in [3.05, 3.63) is 11.6 Å². The third kappa shape index (κ3) is 3.28. The molecule has 1 aliphatic carbocycles. The molecule has 0 aromatic heterocycles. The smallest absolute Gasteiger partial charge is 0.120 e. The summed E-state index contributed by atoms with van der Waals surface area (Å²) >= 11 is 0. The van der Waals surface area contributed by atoms with Crippen LogP contribution in [0.1, 0.15) is 46.5 Å². The summed E-state index contributed by atoms with van der Waals surface area (Å²) in [5, 5.41) is 0. The lowest BCUT2D eigenvalue weighted by molar-refractivity contribution is -0.107. The average Bonchev–Trinajstić information content (AvgIpc) is 2.14. The molecule has 2 atom stereocenters. The summed E-state index contributed by atoms with van der Waals surface area (Å²) in [4.78, 5) is 10.3. The Morgan fingerprint density at radius 3 is 2.86 bits per heavy atom. The fraction of sp³-hybridized carbons (Fsp3) is 0.769. The van der Waals surface area contributed by atoms with Crippen LogP contribution in [-0.2, 0) is 4.79 Å². The van der Waals surface area contributed by atoms with Crippen molar-refractivity contribution >= 4 is 6.29 Å². The van der Waals surface area contributed by atoms with Gasteiger partial charge in [0.1, 0.15) is 6.29 Å². The predicted molar refractivity (Wildman–Crippen MR) is 60.1 cm³/mol.